The number of nitrogens with two attached hydrogens (primary N) is 1. The van der Waals surface area contributed by atoms with Crippen molar-refractivity contribution >= 4 is 5.97 Å². The van der Waals surface area contributed by atoms with Gasteiger partial charge in [-0.05, 0) is 13.0 Å². The Kier molecular flexibility index (Phi) is 5.63. The molecule has 1 aromatic carbocycles. The van der Waals surface area contributed by atoms with Gasteiger partial charge in [-0.1, -0.05) is 12.1 Å². The van der Waals surface area contributed by atoms with E-state index in [-0.39, 0.29) is 24.3 Å². The van der Waals surface area contributed by atoms with Gasteiger partial charge in [0.25, 0.3) is 0 Å². The van der Waals surface area contributed by atoms with Gasteiger partial charge in [0.05, 0.1) is 27.8 Å². The number of hydrogen-bond acceptors (Lipinski definition) is 5. The summed E-state index contributed by atoms with van der Waals surface area (Å²) < 4.78 is 15.4. The van der Waals surface area contributed by atoms with Crippen molar-refractivity contribution in [3.8, 4) is 11.5 Å². The average Bonchev–Trinajstić information content (AvgIpc) is 2.42. The maximum Gasteiger partial charge on any atom is 0.306 e. The van der Waals surface area contributed by atoms with E-state index in [0.29, 0.717) is 11.5 Å². The Morgan fingerprint density at radius 3 is 2.42 bits per heavy atom. The summed E-state index contributed by atoms with van der Waals surface area (Å²) in [5, 5.41) is 0. The van der Waals surface area contributed by atoms with Gasteiger partial charge < -0.3 is 19.9 Å². The van der Waals surface area contributed by atoms with Crippen LogP contribution in [0.3, 0.4) is 0 Å². The van der Waals surface area contributed by atoms with E-state index in [1.807, 2.05) is 19.1 Å². The summed E-state index contributed by atoms with van der Waals surface area (Å²) in [5.74, 6) is 0.747. The third-order valence-corrected chi connectivity index (χ3v) is 3.08. The zero-order chi connectivity index (χ0) is 14.4. The van der Waals surface area contributed by atoms with Crippen LogP contribution < -0.4 is 15.2 Å². The maximum atomic E-state index is 11.5. The highest BCUT2D eigenvalue weighted by atomic mass is 16.5. The molecule has 2 N–H and O–H groups in total. The van der Waals surface area contributed by atoms with Crippen LogP contribution in [0.2, 0.25) is 0 Å². The molecule has 0 aliphatic heterocycles. The number of rotatable bonds is 6. The Balaban J connectivity index is 3.18. The average molecular weight is 267 g/mol. The minimum atomic E-state index is -0.299. The van der Waals surface area contributed by atoms with Crippen LogP contribution in [0, 0.1) is 0 Å². The molecule has 106 valence electrons. The number of carbonyl (C=O) groups excluding carboxylic acids is 1. The molecule has 0 aliphatic rings. The normalized spacial score (nSPS) is 13.5. The summed E-state index contributed by atoms with van der Waals surface area (Å²) in [6, 6.07) is 5.33. The third kappa shape index (κ3) is 3.61. The van der Waals surface area contributed by atoms with Gasteiger partial charge >= 0.3 is 5.97 Å². The summed E-state index contributed by atoms with van der Waals surface area (Å²) in [5.41, 5.74) is 6.83. The number of methoxy groups -OCH3 is 3. The monoisotopic (exact) mass is 267 g/mol. The summed E-state index contributed by atoms with van der Waals surface area (Å²) in [4.78, 5) is 11.5. The summed E-state index contributed by atoms with van der Waals surface area (Å²) >= 11 is 0. The molecule has 5 nitrogen and oxygen atoms in total. The van der Waals surface area contributed by atoms with Crippen molar-refractivity contribution in [3.05, 3.63) is 23.8 Å². The van der Waals surface area contributed by atoms with Crippen molar-refractivity contribution in [1.82, 2.24) is 0 Å². The lowest BCUT2D eigenvalue weighted by Crippen LogP contribution is -2.27. The molecule has 19 heavy (non-hydrogen) atoms. The van der Waals surface area contributed by atoms with Gasteiger partial charge in [0.15, 0.2) is 11.5 Å². The van der Waals surface area contributed by atoms with E-state index in [0.717, 1.165) is 5.56 Å². The summed E-state index contributed by atoms with van der Waals surface area (Å²) in [6.07, 6.45) is 0.206. The quantitative estimate of drug-likeness (QED) is 0.794. The molecule has 5 heteroatoms. The molecule has 0 aromatic heterocycles. The van der Waals surface area contributed by atoms with Crippen molar-refractivity contribution < 1.29 is 19.0 Å². The molecule has 0 heterocycles. The van der Waals surface area contributed by atoms with Gasteiger partial charge in [0, 0.05) is 17.5 Å². The van der Waals surface area contributed by atoms with E-state index in [9.17, 15) is 4.79 Å². The molecular weight excluding hydrogens is 246 g/mol. The Morgan fingerprint density at radius 1 is 1.26 bits per heavy atom. The van der Waals surface area contributed by atoms with Gasteiger partial charge in [-0.25, -0.2) is 0 Å². The molecule has 0 saturated heterocycles. The van der Waals surface area contributed by atoms with E-state index in [1.54, 1.807) is 20.3 Å². The van der Waals surface area contributed by atoms with E-state index < -0.39 is 0 Å². The second-order valence-electron chi connectivity index (χ2n) is 4.33. The standard InChI is InChI=1S/C14H21NO4/c1-9(15)11(8-13(16)18-3)10-6-5-7-12(17-2)14(10)19-4/h5-7,9,11H,8,15H2,1-4H3. The first kappa shape index (κ1) is 15.3. The van der Waals surface area contributed by atoms with Crippen LogP contribution in [0.25, 0.3) is 0 Å². The highest BCUT2D eigenvalue weighted by Crippen LogP contribution is 2.37. The Hall–Kier alpha value is -1.75. The summed E-state index contributed by atoms with van der Waals surface area (Å²) in [6.45, 7) is 1.85. The first-order chi connectivity index (χ1) is 9.04. The molecule has 0 spiro atoms. The molecule has 0 saturated carbocycles. The number of carbonyl (C=O) groups is 1. The lowest BCUT2D eigenvalue weighted by Gasteiger charge is -2.23. The van der Waals surface area contributed by atoms with E-state index in [1.165, 1.54) is 7.11 Å². The smallest absolute Gasteiger partial charge is 0.306 e. The Morgan fingerprint density at radius 2 is 1.95 bits per heavy atom. The highest BCUT2D eigenvalue weighted by molar-refractivity contribution is 5.71. The molecule has 1 rings (SSSR count). The van der Waals surface area contributed by atoms with E-state index in [4.69, 9.17) is 19.9 Å². The van der Waals surface area contributed by atoms with Crippen molar-refractivity contribution in [2.24, 2.45) is 5.73 Å². The van der Waals surface area contributed by atoms with Crippen LogP contribution in [-0.2, 0) is 9.53 Å². The first-order valence-corrected chi connectivity index (χ1v) is 6.08. The van der Waals surface area contributed by atoms with Crippen molar-refractivity contribution in [1.29, 1.82) is 0 Å². The SMILES string of the molecule is COC(=O)CC(c1cccc(OC)c1OC)C(C)N. The van der Waals surface area contributed by atoms with Crippen molar-refractivity contribution in [2.45, 2.75) is 25.3 Å². The van der Waals surface area contributed by atoms with Crippen LogP contribution >= 0.6 is 0 Å². The Bertz CT molecular complexity index is 431. The van der Waals surface area contributed by atoms with Gasteiger partial charge in [-0.3, -0.25) is 4.79 Å². The molecule has 0 amide bonds. The number of ether oxygens (including phenoxy) is 3. The van der Waals surface area contributed by atoms with Crippen LogP contribution in [-0.4, -0.2) is 33.3 Å². The second kappa shape index (κ2) is 6.99. The zero-order valence-corrected chi connectivity index (χ0v) is 11.8. The van der Waals surface area contributed by atoms with E-state index in [2.05, 4.69) is 0 Å². The first-order valence-electron chi connectivity index (χ1n) is 6.08. The minimum absolute atomic E-state index is 0.183. The van der Waals surface area contributed by atoms with Gasteiger partial charge in [-0.15, -0.1) is 0 Å². The molecule has 2 atom stereocenters. The third-order valence-electron chi connectivity index (χ3n) is 3.08. The molecule has 0 radical (unpaired) electrons. The highest BCUT2D eigenvalue weighted by Gasteiger charge is 2.25. The number of hydrogen-bond donors (Lipinski definition) is 1. The van der Waals surface area contributed by atoms with Crippen LogP contribution in [0.15, 0.2) is 18.2 Å². The van der Waals surface area contributed by atoms with E-state index >= 15 is 0 Å². The van der Waals surface area contributed by atoms with Crippen LogP contribution in [0.1, 0.15) is 24.8 Å². The predicted octanol–water partition coefficient (Wildman–Crippen LogP) is 1.70. The van der Waals surface area contributed by atoms with Crippen molar-refractivity contribution in [2.75, 3.05) is 21.3 Å². The van der Waals surface area contributed by atoms with Crippen molar-refractivity contribution in [3.63, 3.8) is 0 Å². The minimum Gasteiger partial charge on any atom is -0.493 e. The van der Waals surface area contributed by atoms with Gasteiger partial charge in [0.1, 0.15) is 0 Å². The molecular formula is C14H21NO4. The summed E-state index contributed by atoms with van der Waals surface area (Å²) in [7, 11) is 4.50. The lowest BCUT2D eigenvalue weighted by atomic mass is 9.89. The molecule has 1 aromatic rings. The topological polar surface area (TPSA) is 70.8 Å². The fourth-order valence-electron chi connectivity index (χ4n) is 2.05. The fourth-order valence-corrected chi connectivity index (χ4v) is 2.05. The maximum absolute atomic E-state index is 11.5. The van der Waals surface area contributed by atoms with Crippen LogP contribution in [0.5, 0.6) is 11.5 Å². The Labute approximate surface area is 113 Å². The zero-order valence-electron chi connectivity index (χ0n) is 11.8. The number of benzene rings is 1. The number of esters is 1. The number of para-hydroxylation sites is 1. The molecule has 0 fully saturated rings. The van der Waals surface area contributed by atoms with Gasteiger partial charge in [0.2, 0.25) is 0 Å². The predicted molar refractivity (Wildman–Crippen MR) is 72.6 cm³/mol. The van der Waals surface area contributed by atoms with Gasteiger partial charge in [-0.2, -0.15) is 0 Å². The molecule has 2 unspecified atom stereocenters. The van der Waals surface area contributed by atoms with Crippen LogP contribution in [0.4, 0.5) is 0 Å². The molecule has 0 bridgehead atoms. The largest absolute Gasteiger partial charge is 0.493 e. The second-order valence-corrected chi connectivity index (χ2v) is 4.33. The molecule has 0 aliphatic carbocycles. The lowest BCUT2D eigenvalue weighted by molar-refractivity contribution is -0.141. The fraction of sp³-hybridized carbons (Fsp3) is 0.500.